The molecule has 0 spiro atoms. The molecule has 4 atom stereocenters. The van der Waals surface area contributed by atoms with Crippen LogP contribution in [0.2, 0.25) is 0 Å². The first kappa shape index (κ1) is 24.3. The number of aliphatic hydroxyl groups excluding tert-OH is 2. The Kier molecular flexibility index (Phi) is 6.78. The lowest BCUT2D eigenvalue weighted by Crippen LogP contribution is -2.51. The molecule has 2 aromatic heterocycles. The summed E-state index contributed by atoms with van der Waals surface area (Å²) in [6, 6.07) is 6.32. The molecule has 5 N–H and O–H groups in total. The zero-order chi connectivity index (χ0) is 25.3. The Morgan fingerprint density at radius 1 is 1.06 bits per heavy atom. The van der Waals surface area contributed by atoms with E-state index in [4.69, 9.17) is 10.5 Å². The Labute approximate surface area is 196 Å². The number of nitrogens with two attached hydrogens (primary N) is 1. The van der Waals surface area contributed by atoms with Crippen LogP contribution in [0, 0.1) is 17.5 Å². The predicted molar refractivity (Wildman–Crippen MR) is 115 cm³/mol. The van der Waals surface area contributed by atoms with Crippen molar-refractivity contribution in [2.24, 2.45) is 5.73 Å². The molecular weight excluding hydrogens is 469 g/mol. The van der Waals surface area contributed by atoms with Crippen LogP contribution in [0.4, 0.5) is 18.9 Å². The smallest absolute Gasteiger partial charge is 0.274 e. The van der Waals surface area contributed by atoms with Gasteiger partial charge in [-0.3, -0.25) is 14.6 Å². The topological polar surface area (TPSA) is 148 Å². The second-order valence-corrected chi connectivity index (χ2v) is 7.78. The van der Waals surface area contributed by atoms with Gasteiger partial charge in [-0.2, -0.15) is 0 Å². The summed E-state index contributed by atoms with van der Waals surface area (Å²) in [6.45, 7) is 0. The number of halogens is 3. The summed E-state index contributed by atoms with van der Waals surface area (Å²) >= 11 is 0. The van der Waals surface area contributed by atoms with Crippen molar-refractivity contribution in [2.45, 2.75) is 30.8 Å². The number of primary amides is 1. The summed E-state index contributed by atoms with van der Waals surface area (Å²) < 4.78 is 48.2. The molecular formula is C23H19F3N4O5. The molecule has 1 aromatic carbocycles. The molecule has 12 heteroatoms. The lowest BCUT2D eigenvalue weighted by Gasteiger charge is -2.36. The monoisotopic (exact) mass is 488 g/mol. The van der Waals surface area contributed by atoms with Gasteiger partial charge in [-0.25, -0.2) is 18.2 Å². The number of amides is 2. The van der Waals surface area contributed by atoms with Gasteiger partial charge in [0.1, 0.15) is 34.9 Å². The molecule has 0 radical (unpaired) electrons. The van der Waals surface area contributed by atoms with Gasteiger partial charge in [0.25, 0.3) is 5.91 Å². The lowest BCUT2D eigenvalue weighted by molar-refractivity contribution is -0.179. The second kappa shape index (κ2) is 9.78. The Hall–Kier alpha value is -3.87. The number of carbonyl (C=O) groups excluding carboxylic acids is 2. The first-order valence-electron chi connectivity index (χ1n) is 10.3. The lowest BCUT2D eigenvalue weighted by atomic mass is 9.93. The van der Waals surface area contributed by atoms with E-state index in [1.807, 2.05) is 0 Å². The Bertz CT molecular complexity index is 1270. The van der Waals surface area contributed by atoms with Crippen LogP contribution in [0.5, 0.6) is 0 Å². The maximum Gasteiger partial charge on any atom is 0.274 e. The minimum absolute atomic E-state index is 0.0963. The van der Waals surface area contributed by atoms with Crippen molar-refractivity contribution in [2.75, 3.05) is 5.32 Å². The van der Waals surface area contributed by atoms with Crippen LogP contribution in [-0.4, -0.2) is 50.3 Å². The third kappa shape index (κ3) is 4.85. The van der Waals surface area contributed by atoms with E-state index in [1.165, 1.54) is 18.5 Å². The van der Waals surface area contributed by atoms with Crippen molar-refractivity contribution in [3.63, 3.8) is 0 Å². The number of aliphatic hydroxyl groups is 2. The summed E-state index contributed by atoms with van der Waals surface area (Å²) in [6.07, 6.45) is -2.78. The van der Waals surface area contributed by atoms with Gasteiger partial charge in [0.05, 0.1) is 29.7 Å². The van der Waals surface area contributed by atoms with E-state index in [1.54, 1.807) is 0 Å². The summed E-state index contributed by atoms with van der Waals surface area (Å²) in [5.74, 6) is -4.98. The van der Waals surface area contributed by atoms with Gasteiger partial charge in [-0.1, -0.05) is 6.07 Å². The molecule has 0 saturated carbocycles. The summed E-state index contributed by atoms with van der Waals surface area (Å²) in [5.41, 5.74) is 3.88. The molecule has 3 heterocycles. The van der Waals surface area contributed by atoms with Crippen LogP contribution in [0.3, 0.4) is 0 Å². The number of rotatable bonds is 5. The van der Waals surface area contributed by atoms with Crippen molar-refractivity contribution in [3.05, 3.63) is 77.5 Å². The van der Waals surface area contributed by atoms with Crippen molar-refractivity contribution < 1.29 is 37.7 Å². The number of nitrogens with zero attached hydrogens (tertiary/aromatic N) is 2. The van der Waals surface area contributed by atoms with Crippen LogP contribution in [0.15, 0.2) is 48.8 Å². The van der Waals surface area contributed by atoms with Gasteiger partial charge < -0.3 is 26.0 Å². The molecule has 1 saturated heterocycles. The number of hydrogen-bond acceptors (Lipinski definition) is 7. The largest absolute Gasteiger partial charge is 0.390 e. The number of carbonyl (C=O) groups is 2. The van der Waals surface area contributed by atoms with Crippen LogP contribution in [-0.2, 0) is 9.53 Å². The minimum Gasteiger partial charge on any atom is -0.390 e. The van der Waals surface area contributed by atoms with E-state index in [0.717, 1.165) is 30.3 Å². The van der Waals surface area contributed by atoms with E-state index >= 15 is 0 Å². The standard InChI is InChI=1S/C23H19F3N4O5/c24-11-2-1-3-12(25)18(11)19-13(26)4-5-14(29-19)23(34)30-15-9-28-7-6-10(15)17-8-16(31)20(32)21(35-17)22(27)33/h1-7,9,16-17,20-21,31-32H,8H2,(H2,27,33)(H,30,34)/t16-,17-,20+,21+/m1/s1. The van der Waals surface area contributed by atoms with Crippen molar-refractivity contribution in [1.29, 1.82) is 0 Å². The SMILES string of the molecule is NC(=O)[C@H]1O[C@@H](c2ccncc2NC(=O)c2ccc(F)c(-c3c(F)cccc3F)n2)C[C@@H](O)[C@@H]1O. The molecule has 0 aliphatic carbocycles. The number of hydrogen-bond donors (Lipinski definition) is 4. The molecule has 0 unspecified atom stereocenters. The van der Waals surface area contributed by atoms with E-state index in [9.17, 15) is 33.0 Å². The fourth-order valence-electron chi connectivity index (χ4n) is 3.75. The van der Waals surface area contributed by atoms with Gasteiger partial charge in [-0.15, -0.1) is 0 Å². The fraction of sp³-hybridized carbons (Fsp3) is 0.217. The average Bonchev–Trinajstić information content (AvgIpc) is 2.82. The molecule has 9 nitrogen and oxygen atoms in total. The fourth-order valence-corrected chi connectivity index (χ4v) is 3.75. The zero-order valence-electron chi connectivity index (χ0n) is 17.9. The van der Waals surface area contributed by atoms with Crippen LogP contribution < -0.4 is 11.1 Å². The summed E-state index contributed by atoms with van der Waals surface area (Å²) in [7, 11) is 0. The van der Waals surface area contributed by atoms with E-state index in [0.29, 0.717) is 5.56 Å². The van der Waals surface area contributed by atoms with E-state index in [-0.39, 0.29) is 17.8 Å². The van der Waals surface area contributed by atoms with E-state index < -0.39 is 64.9 Å². The van der Waals surface area contributed by atoms with Gasteiger partial charge in [-0.05, 0) is 30.3 Å². The van der Waals surface area contributed by atoms with Crippen molar-refractivity contribution in [3.8, 4) is 11.3 Å². The summed E-state index contributed by atoms with van der Waals surface area (Å²) in [5, 5.41) is 22.6. The molecule has 3 aromatic rings. The predicted octanol–water partition coefficient (Wildman–Crippen LogP) is 1.85. The van der Waals surface area contributed by atoms with Crippen LogP contribution in [0.1, 0.15) is 28.6 Å². The van der Waals surface area contributed by atoms with Crippen LogP contribution >= 0.6 is 0 Å². The Morgan fingerprint density at radius 2 is 1.77 bits per heavy atom. The highest BCUT2D eigenvalue weighted by atomic mass is 19.1. The molecule has 0 bridgehead atoms. The second-order valence-electron chi connectivity index (χ2n) is 7.78. The molecule has 2 amide bonds. The maximum absolute atomic E-state index is 14.3. The minimum atomic E-state index is -1.52. The van der Waals surface area contributed by atoms with Gasteiger partial charge >= 0.3 is 0 Å². The maximum atomic E-state index is 14.3. The quantitative estimate of drug-likeness (QED) is 0.428. The highest BCUT2D eigenvalue weighted by Gasteiger charge is 2.41. The normalized spacial score (nSPS) is 22.0. The molecule has 35 heavy (non-hydrogen) atoms. The number of anilines is 1. The number of aromatic nitrogens is 2. The van der Waals surface area contributed by atoms with E-state index in [2.05, 4.69) is 15.3 Å². The molecule has 1 aliphatic heterocycles. The molecule has 1 aliphatic rings. The molecule has 182 valence electrons. The third-order valence-electron chi connectivity index (χ3n) is 5.48. The van der Waals surface area contributed by atoms with Crippen molar-refractivity contribution in [1.82, 2.24) is 9.97 Å². The Balaban J connectivity index is 1.63. The number of benzene rings is 1. The first-order chi connectivity index (χ1) is 16.7. The van der Waals surface area contributed by atoms with Gasteiger partial charge in [0.15, 0.2) is 6.10 Å². The summed E-state index contributed by atoms with van der Waals surface area (Å²) in [4.78, 5) is 32.2. The molecule has 1 fully saturated rings. The van der Waals surface area contributed by atoms with Gasteiger partial charge in [0.2, 0.25) is 5.91 Å². The average molecular weight is 488 g/mol. The number of pyridine rings is 2. The number of ether oxygens (including phenoxy) is 1. The third-order valence-corrected chi connectivity index (χ3v) is 5.48. The zero-order valence-corrected chi connectivity index (χ0v) is 17.9. The van der Waals surface area contributed by atoms with Crippen molar-refractivity contribution >= 4 is 17.5 Å². The highest BCUT2D eigenvalue weighted by molar-refractivity contribution is 6.03. The first-order valence-corrected chi connectivity index (χ1v) is 10.3. The van der Waals surface area contributed by atoms with Crippen LogP contribution in [0.25, 0.3) is 11.3 Å². The Morgan fingerprint density at radius 3 is 2.46 bits per heavy atom. The molecule has 4 rings (SSSR count). The van der Waals surface area contributed by atoms with Gasteiger partial charge in [0, 0.05) is 18.2 Å². The highest BCUT2D eigenvalue weighted by Crippen LogP contribution is 2.35. The number of nitrogens with one attached hydrogen (secondary N) is 1.